The number of nitrogens with one attached hydrogen (secondary N) is 1. The van der Waals surface area contributed by atoms with Gasteiger partial charge < -0.3 is 10.2 Å². The highest BCUT2D eigenvalue weighted by molar-refractivity contribution is 7.91. The van der Waals surface area contributed by atoms with E-state index in [4.69, 9.17) is 5.14 Å². The highest BCUT2D eigenvalue weighted by atomic mass is 32.3. The molecule has 2 aliphatic rings. The Labute approximate surface area is 477 Å². The van der Waals surface area contributed by atoms with Gasteiger partial charge in [-0.2, -0.15) is 43.2 Å². The topological polar surface area (TPSA) is 373 Å². The molecule has 0 radical (unpaired) electrons. The van der Waals surface area contributed by atoms with Crippen molar-refractivity contribution in [2.45, 2.75) is 90.2 Å². The van der Waals surface area contributed by atoms with Crippen LogP contribution in [0.5, 0.6) is 0 Å². The van der Waals surface area contributed by atoms with Crippen LogP contribution in [0.3, 0.4) is 0 Å². The summed E-state index contributed by atoms with van der Waals surface area (Å²) in [5.41, 5.74) is 2.29. The second-order valence-electron chi connectivity index (χ2n) is 20.4. The molecule has 82 heavy (non-hydrogen) atoms. The van der Waals surface area contributed by atoms with Gasteiger partial charge in [-0.25, -0.2) is 18.2 Å². The van der Waals surface area contributed by atoms with Crippen LogP contribution in [-0.2, 0) is 73.2 Å². The van der Waals surface area contributed by atoms with E-state index in [1.54, 1.807) is 49.1 Å². The Morgan fingerprint density at radius 2 is 1.49 bits per heavy atom. The maximum Gasteiger partial charge on any atom is 0.295 e. The Morgan fingerprint density at radius 3 is 2.10 bits per heavy atom. The predicted molar refractivity (Wildman–Crippen MR) is 306 cm³/mol. The second kappa shape index (κ2) is 22.5. The van der Waals surface area contributed by atoms with Crippen molar-refractivity contribution in [1.29, 1.82) is 0 Å². The van der Waals surface area contributed by atoms with Gasteiger partial charge in [0, 0.05) is 84.6 Å². The summed E-state index contributed by atoms with van der Waals surface area (Å²) in [4.78, 5) is 34.5. The number of anilines is 1. The first-order valence-electron chi connectivity index (χ1n) is 25.0. The van der Waals surface area contributed by atoms with Gasteiger partial charge in [-0.1, -0.05) is 56.7 Å². The molecule has 7 N–H and O–H groups in total. The third-order valence-electron chi connectivity index (χ3n) is 14.0. The quantitative estimate of drug-likeness (QED) is 0.0327. The van der Waals surface area contributed by atoms with Gasteiger partial charge in [0.2, 0.25) is 20.7 Å². The Morgan fingerprint density at radius 1 is 0.805 bits per heavy atom. The molecule has 6 aromatic rings. The molecule has 4 heterocycles. The molecule has 2 amide bonds. The van der Waals surface area contributed by atoms with E-state index in [1.165, 1.54) is 43.6 Å². The fraction of sp³-hybridized carbons (Fsp3) is 0.308. The lowest BCUT2D eigenvalue weighted by Crippen LogP contribution is -2.28. The predicted octanol–water partition coefficient (Wildman–Crippen LogP) is 5.59. The normalized spacial score (nSPS) is 16.5. The first kappa shape index (κ1) is 61.4. The van der Waals surface area contributed by atoms with Gasteiger partial charge in [0.05, 0.1) is 32.2 Å². The van der Waals surface area contributed by atoms with E-state index in [0.29, 0.717) is 57.5 Å². The number of hydrogen-bond acceptors (Lipinski definition) is 16. The van der Waals surface area contributed by atoms with Gasteiger partial charge in [-0.15, -0.1) is 5.10 Å². The van der Waals surface area contributed by atoms with Crippen LogP contribution in [0.25, 0.3) is 27.1 Å². The van der Waals surface area contributed by atoms with Crippen LogP contribution >= 0.6 is 11.3 Å². The molecule has 0 spiro atoms. The number of carbonyl (C=O) groups is 2. The lowest BCUT2D eigenvalue weighted by atomic mass is 9.79. The van der Waals surface area contributed by atoms with Gasteiger partial charge in [-0.3, -0.25) is 32.8 Å². The SMILES string of the molecule is CCCC[N+]1=C(/C=C/C(=C/C=C2/N(CCCS(=O)(=O)O)c3ccc4c(S(=O)(=O)O)cc(S(=O)(=O)O)cc4c3C2(C)C)c2ccc(C(=O)NCCC(=O)N=c3sc(S(N)(=O)=O)nn3C)cn2)C(C)(C)c2c1ccc1ccc(S(=O)(=O)O)cc21. The van der Waals surface area contributed by atoms with Crippen LogP contribution in [0, 0.1) is 0 Å². The first-order chi connectivity index (χ1) is 38.0. The van der Waals surface area contributed by atoms with E-state index >= 15 is 0 Å². The number of nitrogens with zero attached hydrogens (tertiary/aromatic N) is 6. The number of hydrogen-bond donors (Lipinski definition) is 6. The Kier molecular flexibility index (Phi) is 16.8. The summed E-state index contributed by atoms with van der Waals surface area (Å²) in [7, 11) is -22.0. The van der Waals surface area contributed by atoms with Crippen LogP contribution in [0.15, 0.2) is 127 Å². The molecule has 24 nitrogen and oxygen atoms in total. The second-order valence-corrected chi connectivity index (χ2v) is 28.9. The molecule has 0 unspecified atom stereocenters. The number of amides is 2. The van der Waals surface area contributed by atoms with Crippen molar-refractivity contribution in [2.24, 2.45) is 17.2 Å². The van der Waals surface area contributed by atoms with E-state index in [-0.39, 0.29) is 52.0 Å². The van der Waals surface area contributed by atoms with Gasteiger partial charge in [0.1, 0.15) is 11.4 Å². The zero-order valence-electron chi connectivity index (χ0n) is 44.8. The van der Waals surface area contributed by atoms with Gasteiger partial charge in [0.15, 0.2) is 5.71 Å². The smallest absolute Gasteiger partial charge is 0.295 e. The third kappa shape index (κ3) is 12.8. The minimum atomic E-state index is -5.10. The molecular formula is C52H57N8O16S6+. The number of aryl methyl sites for hydroxylation is 1. The number of rotatable bonds is 19. The van der Waals surface area contributed by atoms with E-state index in [0.717, 1.165) is 45.9 Å². The number of benzene rings is 4. The summed E-state index contributed by atoms with van der Waals surface area (Å²) < 4.78 is 166. The molecule has 4 aromatic carbocycles. The zero-order chi connectivity index (χ0) is 60.3. The van der Waals surface area contributed by atoms with Crippen molar-refractivity contribution in [2.75, 3.05) is 30.3 Å². The minimum Gasteiger partial charge on any atom is -0.351 e. The monoisotopic (exact) mass is 1240 g/mol. The Bertz CT molecular complexity index is 4470. The molecule has 30 heteroatoms. The van der Waals surface area contributed by atoms with Crippen LogP contribution < -0.4 is 20.2 Å². The molecule has 8 rings (SSSR count). The molecule has 2 aliphatic heterocycles. The number of fused-ring (bicyclic) bond motifs is 6. The number of primary sulfonamides is 1. The molecule has 0 saturated carbocycles. The Hall–Kier alpha value is -6.71. The average molecular weight is 1240 g/mol. The summed E-state index contributed by atoms with van der Waals surface area (Å²) in [6, 6.07) is 15.8. The maximum absolute atomic E-state index is 13.5. The van der Waals surface area contributed by atoms with E-state index in [1.807, 2.05) is 39.0 Å². The molecule has 0 atom stereocenters. The first-order valence-corrected chi connectivity index (χ1v) is 33.3. The molecule has 0 saturated heterocycles. The maximum atomic E-state index is 13.5. The van der Waals surface area contributed by atoms with Crippen molar-refractivity contribution >= 4 is 118 Å². The molecule has 2 aromatic heterocycles. The van der Waals surface area contributed by atoms with Crippen molar-refractivity contribution in [3.63, 3.8) is 0 Å². The number of nitrogens with two attached hydrogens (primary N) is 1. The van der Waals surface area contributed by atoms with E-state index in [9.17, 15) is 69.9 Å². The summed E-state index contributed by atoms with van der Waals surface area (Å²) in [5, 5.41) is 12.8. The van der Waals surface area contributed by atoms with Crippen molar-refractivity contribution < 1.29 is 74.5 Å². The number of allylic oxidation sites excluding steroid dienone is 6. The summed E-state index contributed by atoms with van der Waals surface area (Å²) in [5.74, 6) is -1.96. The summed E-state index contributed by atoms with van der Waals surface area (Å²) in [6.07, 6.45) is 9.50. The number of aromatic nitrogens is 3. The standard InChI is InChI=1S/C52H56N8O16S6/c1-7-8-24-59-40-18-12-31-10-15-34(80(68,69)70)27-37(31)46(40)51(2,3)43(59)20-13-32(39-17-11-33(30-55-39)48(62)54-23-22-45(61)56-49-58(6)57-50(77-49)79(53,66)67)14-21-44-52(4,5)47-38-28-35(81(71,72)73)29-42(82(74,75)76)36(38)16-19-41(47)60(44)25-9-26-78(63,64)65/h10-21,27-30H,7-9,22-26H2,1-6H3,(H6-,53,54,62,63,64,65,66,67,68,69,70,71,72,73,74,75,76)/p+1. The van der Waals surface area contributed by atoms with Crippen LogP contribution in [0.1, 0.15) is 87.5 Å². The average Bonchev–Trinajstić information content (AvgIpc) is 1.75. The fourth-order valence-electron chi connectivity index (χ4n) is 10.3. The van der Waals surface area contributed by atoms with Crippen LogP contribution in [0.2, 0.25) is 0 Å². The van der Waals surface area contributed by atoms with Crippen molar-refractivity contribution in [1.82, 2.24) is 20.1 Å². The van der Waals surface area contributed by atoms with E-state index in [2.05, 4.69) is 25.0 Å². The Balaban J connectivity index is 1.26. The lowest BCUT2D eigenvalue weighted by Gasteiger charge is -2.27. The summed E-state index contributed by atoms with van der Waals surface area (Å²) >= 11 is 0.591. The molecule has 436 valence electrons. The van der Waals surface area contributed by atoms with Gasteiger partial charge in [-0.05, 0) is 103 Å². The number of pyridine rings is 1. The number of carbonyl (C=O) groups excluding carboxylic acids is 2. The highest BCUT2D eigenvalue weighted by Gasteiger charge is 2.46. The number of unbranched alkanes of at least 4 members (excludes halogenated alkanes) is 1. The molecule has 0 fully saturated rings. The van der Waals surface area contributed by atoms with Gasteiger partial charge >= 0.3 is 0 Å². The summed E-state index contributed by atoms with van der Waals surface area (Å²) in [6.45, 7) is 9.78. The number of sulfonamides is 1. The largest absolute Gasteiger partial charge is 0.351 e. The van der Waals surface area contributed by atoms with Crippen LogP contribution in [0.4, 0.5) is 11.4 Å². The van der Waals surface area contributed by atoms with E-state index < -0.39 is 93.0 Å². The third-order valence-corrected chi connectivity index (χ3v) is 19.7. The van der Waals surface area contributed by atoms with Crippen LogP contribution in [-0.4, -0.2) is 123 Å². The lowest BCUT2D eigenvalue weighted by molar-refractivity contribution is -0.438. The fourth-order valence-corrected chi connectivity index (χ4v) is 14.2. The van der Waals surface area contributed by atoms with Crippen molar-refractivity contribution in [3.8, 4) is 0 Å². The molecular weight excluding hydrogens is 1190 g/mol. The molecule has 0 aliphatic carbocycles. The van der Waals surface area contributed by atoms with Gasteiger partial charge in [0.25, 0.3) is 56.4 Å². The zero-order valence-corrected chi connectivity index (χ0v) is 49.7. The minimum absolute atomic E-state index is 0.0160. The van der Waals surface area contributed by atoms with Crippen molar-refractivity contribution in [3.05, 3.63) is 130 Å². The highest BCUT2D eigenvalue weighted by Crippen LogP contribution is 2.52. The molecule has 0 bridgehead atoms.